The quantitative estimate of drug-likeness (QED) is 0.671. The fourth-order valence-corrected chi connectivity index (χ4v) is 3.38. The van der Waals surface area contributed by atoms with E-state index < -0.39 is 0 Å². The number of rotatable bonds is 9. The predicted molar refractivity (Wildman–Crippen MR) is 91.6 cm³/mol. The lowest BCUT2D eigenvalue weighted by Gasteiger charge is -2.22. The zero-order valence-corrected chi connectivity index (χ0v) is 15.0. The topological polar surface area (TPSA) is 76.7 Å². The summed E-state index contributed by atoms with van der Waals surface area (Å²) in [4.78, 5) is 24.2. The number of nitrogens with one attached hydrogen (secondary N) is 2. The third-order valence-electron chi connectivity index (χ3n) is 4.54. The Labute approximate surface area is 145 Å². The van der Waals surface area contributed by atoms with Crippen molar-refractivity contribution < 1.29 is 19.1 Å². The minimum atomic E-state index is -0.0349. The first-order chi connectivity index (χ1) is 11.5. The van der Waals surface area contributed by atoms with Crippen molar-refractivity contribution in [1.82, 2.24) is 10.6 Å². The average molecular weight is 340 g/mol. The lowest BCUT2D eigenvalue weighted by atomic mass is 10.0. The van der Waals surface area contributed by atoms with Crippen LogP contribution in [0.25, 0.3) is 0 Å². The van der Waals surface area contributed by atoms with Crippen LogP contribution in [0.4, 0.5) is 0 Å². The second-order valence-corrected chi connectivity index (χ2v) is 7.38. The molecule has 2 rings (SSSR count). The Kier molecular flexibility index (Phi) is 7.99. The van der Waals surface area contributed by atoms with Crippen LogP contribution < -0.4 is 10.6 Å². The SMILES string of the molecule is CC(C)C[C@H](CNC(=O)C[C@H]1CCCO1)NC(=O)C[C@H]1CCCO1. The molecule has 0 saturated carbocycles. The van der Waals surface area contributed by atoms with Crippen LogP contribution in [0.1, 0.15) is 58.8 Å². The van der Waals surface area contributed by atoms with Crippen molar-refractivity contribution in [2.75, 3.05) is 19.8 Å². The van der Waals surface area contributed by atoms with Gasteiger partial charge in [0.15, 0.2) is 0 Å². The summed E-state index contributed by atoms with van der Waals surface area (Å²) in [5.74, 6) is 0.470. The fraction of sp³-hybridized carbons (Fsp3) is 0.889. The molecule has 0 radical (unpaired) electrons. The van der Waals surface area contributed by atoms with E-state index in [1.54, 1.807) is 0 Å². The fourth-order valence-electron chi connectivity index (χ4n) is 3.38. The van der Waals surface area contributed by atoms with E-state index in [1.165, 1.54) is 0 Å². The average Bonchev–Trinajstić information content (AvgIpc) is 3.18. The Morgan fingerprint density at radius 3 is 2.08 bits per heavy atom. The Hall–Kier alpha value is -1.14. The van der Waals surface area contributed by atoms with Crippen LogP contribution in [-0.2, 0) is 19.1 Å². The van der Waals surface area contributed by atoms with Crippen LogP contribution >= 0.6 is 0 Å². The van der Waals surface area contributed by atoms with Crippen LogP contribution in [0.3, 0.4) is 0 Å². The summed E-state index contributed by atoms with van der Waals surface area (Å²) in [6.07, 6.45) is 5.77. The molecule has 6 heteroatoms. The van der Waals surface area contributed by atoms with Gasteiger partial charge in [-0.25, -0.2) is 0 Å². The number of carbonyl (C=O) groups excluding carboxylic acids is 2. The molecule has 2 heterocycles. The van der Waals surface area contributed by atoms with Gasteiger partial charge in [0, 0.05) is 25.8 Å². The maximum absolute atomic E-state index is 12.2. The van der Waals surface area contributed by atoms with Crippen molar-refractivity contribution in [2.24, 2.45) is 5.92 Å². The molecule has 2 fully saturated rings. The summed E-state index contributed by atoms with van der Waals surface area (Å²) >= 11 is 0. The third-order valence-corrected chi connectivity index (χ3v) is 4.54. The van der Waals surface area contributed by atoms with Gasteiger partial charge in [0.2, 0.25) is 11.8 Å². The first kappa shape index (κ1) is 19.2. The first-order valence-corrected chi connectivity index (χ1v) is 9.32. The molecule has 0 unspecified atom stereocenters. The summed E-state index contributed by atoms with van der Waals surface area (Å²) < 4.78 is 11.0. The van der Waals surface area contributed by atoms with Gasteiger partial charge in [-0.05, 0) is 38.0 Å². The molecule has 2 aliphatic heterocycles. The minimum Gasteiger partial charge on any atom is -0.378 e. The number of hydrogen-bond donors (Lipinski definition) is 2. The van der Waals surface area contributed by atoms with Gasteiger partial charge in [-0.2, -0.15) is 0 Å². The monoisotopic (exact) mass is 340 g/mol. The highest BCUT2D eigenvalue weighted by Crippen LogP contribution is 2.16. The molecule has 2 amide bonds. The molecule has 0 aromatic rings. The van der Waals surface area contributed by atoms with E-state index in [1.807, 2.05) is 0 Å². The van der Waals surface area contributed by atoms with E-state index >= 15 is 0 Å². The molecule has 138 valence electrons. The van der Waals surface area contributed by atoms with Gasteiger partial charge >= 0.3 is 0 Å². The Balaban J connectivity index is 1.72. The summed E-state index contributed by atoms with van der Waals surface area (Å²) in [7, 11) is 0. The number of hydrogen-bond acceptors (Lipinski definition) is 4. The van der Waals surface area contributed by atoms with Crippen molar-refractivity contribution >= 4 is 11.8 Å². The standard InChI is InChI=1S/C18H32N2O4/c1-13(2)9-14(20-18(22)11-16-6-4-8-24-16)12-19-17(21)10-15-5-3-7-23-15/h13-16H,3-12H2,1-2H3,(H,19,21)(H,20,22)/t14-,15-,16-/m1/s1. The number of amides is 2. The van der Waals surface area contributed by atoms with Crippen LogP contribution in [-0.4, -0.2) is 49.8 Å². The normalized spacial score (nSPS) is 25.0. The Morgan fingerprint density at radius 1 is 1.00 bits per heavy atom. The highest BCUT2D eigenvalue weighted by molar-refractivity contribution is 5.78. The molecule has 0 bridgehead atoms. The number of ether oxygens (including phenoxy) is 2. The highest BCUT2D eigenvalue weighted by atomic mass is 16.5. The second-order valence-electron chi connectivity index (χ2n) is 7.38. The molecule has 3 atom stereocenters. The predicted octanol–water partition coefficient (Wildman–Crippen LogP) is 1.77. The summed E-state index contributed by atoms with van der Waals surface area (Å²) in [6.45, 7) is 6.22. The molecule has 2 aliphatic rings. The van der Waals surface area contributed by atoms with Crippen molar-refractivity contribution in [3.63, 3.8) is 0 Å². The van der Waals surface area contributed by atoms with Gasteiger partial charge in [-0.3, -0.25) is 9.59 Å². The minimum absolute atomic E-state index is 0.00373. The van der Waals surface area contributed by atoms with Crippen molar-refractivity contribution in [3.05, 3.63) is 0 Å². The molecule has 0 aliphatic carbocycles. The molecule has 6 nitrogen and oxygen atoms in total. The molecule has 0 aromatic heterocycles. The van der Waals surface area contributed by atoms with Crippen LogP contribution in [0.5, 0.6) is 0 Å². The summed E-state index contributed by atoms with van der Waals surface area (Å²) in [5, 5.41) is 6.01. The third kappa shape index (κ3) is 7.18. The lowest BCUT2D eigenvalue weighted by molar-refractivity contribution is -0.126. The van der Waals surface area contributed by atoms with Gasteiger partial charge in [-0.15, -0.1) is 0 Å². The van der Waals surface area contributed by atoms with Crippen LogP contribution in [0.15, 0.2) is 0 Å². The maximum Gasteiger partial charge on any atom is 0.222 e. The molecule has 0 aromatic carbocycles. The molecule has 0 spiro atoms. The molecular formula is C18H32N2O4. The zero-order valence-electron chi connectivity index (χ0n) is 15.0. The Morgan fingerprint density at radius 2 is 1.58 bits per heavy atom. The van der Waals surface area contributed by atoms with Gasteiger partial charge < -0.3 is 20.1 Å². The van der Waals surface area contributed by atoms with Gasteiger partial charge in [0.1, 0.15) is 0 Å². The van der Waals surface area contributed by atoms with Crippen LogP contribution in [0, 0.1) is 5.92 Å². The van der Waals surface area contributed by atoms with E-state index in [-0.39, 0.29) is 30.1 Å². The van der Waals surface area contributed by atoms with Gasteiger partial charge in [0.05, 0.1) is 25.0 Å². The van der Waals surface area contributed by atoms with Crippen LogP contribution in [0.2, 0.25) is 0 Å². The number of carbonyl (C=O) groups is 2. The van der Waals surface area contributed by atoms with Gasteiger partial charge in [0.25, 0.3) is 0 Å². The van der Waals surface area contributed by atoms with E-state index in [2.05, 4.69) is 24.5 Å². The molecular weight excluding hydrogens is 308 g/mol. The molecule has 2 N–H and O–H groups in total. The molecule has 2 saturated heterocycles. The van der Waals surface area contributed by atoms with Crippen molar-refractivity contribution in [1.29, 1.82) is 0 Å². The lowest BCUT2D eigenvalue weighted by Crippen LogP contribution is -2.45. The molecule has 24 heavy (non-hydrogen) atoms. The van der Waals surface area contributed by atoms with Gasteiger partial charge in [-0.1, -0.05) is 13.8 Å². The first-order valence-electron chi connectivity index (χ1n) is 9.32. The highest BCUT2D eigenvalue weighted by Gasteiger charge is 2.23. The maximum atomic E-state index is 12.2. The largest absolute Gasteiger partial charge is 0.378 e. The zero-order chi connectivity index (χ0) is 17.4. The van der Waals surface area contributed by atoms with E-state index in [4.69, 9.17) is 9.47 Å². The van der Waals surface area contributed by atoms with E-state index in [0.29, 0.717) is 25.3 Å². The second kappa shape index (κ2) is 9.99. The van der Waals surface area contributed by atoms with Crippen molar-refractivity contribution in [2.45, 2.75) is 77.0 Å². The smallest absolute Gasteiger partial charge is 0.222 e. The summed E-state index contributed by atoms with van der Waals surface area (Å²) in [6, 6.07) is -0.0349. The van der Waals surface area contributed by atoms with Crippen molar-refractivity contribution in [3.8, 4) is 0 Å². The van der Waals surface area contributed by atoms with E-state index in [0.717, 1.165) is 45.3 Å². The Bertz CT molecular complexity index is 402. The summed E-state index contributed by atoms with van der Waals surface area (Å²) in [5.41, 5.74) is 0. The van der Waals surface area contributed by atoms with E-state index in [9.17, 15) is 9.59 Å².